The van der Waals surface area contributed by atoms with Crippen molar-refractivity contribution in [1.29, 1.82) is 0 Å². The summed E-state index contributed by atoms with van der Waals surface area (Å²) in [6, 6.07) is 1.51. The van der Waals surface area contributed by atoms with Crippen molar-refractivity contribution in [2.24, 2.45) is 0 Å². The van der Waals surface area contributed by atoms with Crippen molar-refractivity contribution in [1.82, 2.24) is 0 Å². The standard InChI is InChI=1S/C10H4F4O/c1-2-9(15)7-5-6(10(12,13)14)3-4-8(7)11/h1,3-5H. The van der Waals surface area contributed by atoms with Crippen LogP contribution in [0.4, 0.5) is 17.6 Å². The first kappa shape index (κ1) is 11.2. The first-order chi connectivity index (χ1) is 6.86. The molecule has 1 aromatic rings. The number of rotatable bonds is 1. The molecule has 0 unspecified atom stereocenters. The van der Waals surface area contributed by atoms with Gasteiger partial charge < -0.3 is 0 Å². The molecule has 15 heavy (non-hydrogen) atoms. The summed E-state index contributed by atoms with van der Waals surface area (Å²) >= 11 is 0. The second-order valence-electron chi connectivity index (χ2n) is 2.67. The van der Waals surface area contributed by atoms with Crippen LogP contribution in [0.2, 0.25) is 0 Å². The number of ketones is 1. The number of carbonyl (C=O) groups excluding carboxylic acids is 1. The van der Waals surface area contributed by atoms with Crippen LogP contribution in [0.3, 0.4) is 0 Å². The summed E-state index contributed by atoms with van der Waals surface area (Å²) in [6.45, 7) is 0. The predicted octanol–water partition coefficient (Wildman–Crippen LogP) is 2.66. The largest absolute Gasteiger partial charge is 0.416 e. The predicted molar refractivity (Wildman–Crippen MR) is 44.6 cm³/mol. The van der Waals surface area contributed by atoms with Crippen molar-refractivity contribution in [3.05, 3.63) is 35.1 Å². The van der Waals surface area contributed by atoms with E-state index in [1.807, 2.05) is 0 Å². The fourth-order valence-electron chi connectivity index (χ4n) is 0.953. The van der Waals surface area contributed by atoms with Crippen LogP contribution < -0.4 is 0 Å². The quantitative estimate of drug-likeness (QED) is 0.305. The second-order valence-corrected chi connectivity index (χ2v) is 2.67. The van der Waals surface area contributed by atoms with Crippen LogP contribution >= 0.6 is 0 Å². The molecule has 5 heteroatoms. The Bertz CT molecular complexity index is 440. The maximum atomic E-state index is 12.9. The fourth-order valence-corrected chi connectivity index (χ4v) is 0.953. The molecule has 0 atom stereocenters. The van der Waals surface area contributed by atoms with E-state index in [1.165, 1.54) is 0 Å². The molecule has 0 aliphatic heterocycles. The van der Waals surface area contributed by atoms with Crippen LogP contribution in [0.5, 0.6) is 0 Å². The van der Waals surface area contributed by atoms with Gasteiger partial charge in [-0.2, -0.15) is 13.2 Å². The van der Waals surface area contributed by atoms with E-state index in [2.05, 4.69) is 6.42 Å². The molecular weight excluding hydrogens is 212 g/mol. The van der Waals surface area contributed by atoms with Gasteiger partial charge in [-0.05, 0) is 24.1 Å². The zero-order valence-electron chi connectivity index (χ0n) is 7.23. The number of carbonyl (C=O) groups is 1. The average molecular weight is 216 g/mol. The third kappa shape index (κ3) is 2.34. The molecule has 0 aliphatic rings. The molecule has 1 aromatic carbocycles. The number of Topliss-reactive ketones (excluding diaryl/α,β-unsaturated/α-hetero) is 1. The summed E-state index contributed by atoms with van der Waals surface area (Å²) < 4.78 is 49.5. The summed E-state index contributed by atoms with van der Waals surface area (Å²) in [5.74, 6) is -0.622. The SMILES string of the molecule is C#CC(=O)c1cc(C(F)(F)F)ccc1F. The van der Waals surface area contributed by atoms with Gasteiger partial charge in [0.25, 0.3) is 0 Å². The minimum atomic E-state index is -4.63. The molecule has 0 spiro atoms. The third-order valence-electron chi connectivity index (χ3n) is 1.67. The van der Waals surface area contributed by atoms with E-state index in [1.54, 1.807) is 5.92 Å². The first-order valence-electron chi connectivity index (χ1n) is 3.74. The molecule has 0 amide bonds. The number of benzene rings is 1. The number of alkyl halides is 3. The van der Waals surface area contributed by atoms with Crippen molar-refractivity contribution in [3.63, 3.8) is 0 Å². The Balaban J connectivity index is 3.31. The molecule has 0 saturated heterocycles. The molecule has 0 saturated carbocycles. The highest BCUT2D eigenvalue weighted by atomic mass is 19.4. The topological polar surface area (TPSA) is 17.1 Å². The van der Waals surface area contributed by atoms with Gasteiger partial charge in [0.15, 0.2) is 0 Å². The molecule has 0 N–H and O–H groups in total. The van der Waals surface area contributed by atoms with E-state index in [9.17, 15) is 22.4 Å². The van der Waals surface area contributed by atoms with E-state index < -0.39 is 28.9 Å². The molecule has 0 fully saturated rings. The van der Waals surface area contributed by atoms with Gasteiger partial charge in [-0.25, -0.2) is 4.39 Å². The van der Waals surface area contributed by atoms with Crippen molar-refractivity contribution >= 4 is 5.78 Å². The van der Waals surface area contributed by atoms with Gasteiger partial charge in [-0.3, -0.25) is 4.79 Å². The molecule has 1 nitrogen and oxygen atoms in total. The van der Waals surface area contributed by atoms with Crippen LogP contribution in [0.1, 0.15) is 15.9 Å². The minimum Gasteiger partial charge on any atom is -0.279 e. The van der Waals surface area contributed by atoms with Crippen molar-refractivity contribution in [2.45, 2.75) is 6.18 Å². The summed E-state index contributed by atoms with van der Waals surface area (Å²) in [6.07, 6.45) is 0.0570. The highest BCUT2D eigenvalue weighted by Crippen LogP contribution is 2.30. The number of halogens is 4. The maximum absolute atomic E-state index is 12.9. The Morgan fingerprint density at radius 2 is 1.93 bits per heavy atom. The normalized spacial score (nSPS) is 10.9. The van der Waals surface area contributed by atoms with Crippen LogP contribution in [-0.2, 0) is 6.18 Å². The molecule has 1 rings (SSSR count). The Hall–Kier alpha value is -1.83. The maximum Gasteiger partial charge on any atom is 0.416 e. The Kier molecular flexibility index (Phi) is 2.80. The Morgan fingerprint density at radius 1 is 1.33 bits per heavy atom. The highest BCUT2D eigenvalue weighted by Gasteiger charge is 2.31. The number of terminal acetylenes is 1. The van der Waals surface area contributed by atoms with E-state index in [-0.39, 0.29) is 0 Å². The molecule has 0 aromatic heterocycles. The third-order valence-corrected chi connectivity index (χ3v) is 1.67. The van der Waals surface area contributed by atoms with Crippen molar-refractivity contribution in [2.75, 3.05) is 0 Å². The van der Waals surface area contributed by atoms with Crippen LogP contribution in [0.25, 0.3) is 0 Å². The van der Waals surface area contributed by atoms with Gasteiger partial charge in [0.05, 0.1) is 11.1 Å². The van der Waals surface area contributed by atoms with E-state index in [0.717, 1.165) is 0 Å². The average Bonchev–Trinajstić information content (AvgIpc) is 2.15. The zero-order valence-corrected chi connectivity index (χ0v) is 7.23. The van der Waals surface area contributed by atoms with Gasteiger partial charge in [0.2, 0.25) is 5.78 Å². The summed E-state index contributed by atoms with van der Waals surface area (Å²) in [5.41, 5.74) is -1.85. The Morgan fingerprint density at radius 3 is 2.40 bits per heavy atom. The lowest BCUT2D eigenvalue weighted by atomic mass is 10.1. The molecule has 0 bridgehead atoms. The smallest absolute Gasteiger partial charge is 0.279 e. The Labute approximate surface area is 82.7 Å². The van der Waals surface area contributed by atoms with Crippen LogP contribution in [-0.4, -0.2) is 5.78 Å². The first-order valence-corrected chi connectivity index (χ1v) is 3.74. The minimum absolute atomic E-state index is 0.400. The summed E-state index contributed by atoms with van der Waals surface area (Å²) in [4.78, 5) is 10.9. The van der Waals surface area contributed by atoms with E-state index >= 15 is 0 Å². The van der Waals surface area contributed by atoms with Crippen molar-refractivity contribution < 1.29 is 22.4 Å². The number of hydrogen-bond acceptors (Lipinski definition) is 1. The molecule has 0 heterocycles. The van der Waals surface area contributed by atoms with E-state index in [0.29, 0.717) is 18.2 Å². The monoisotopic (exact) mass is 216 g/mol. The van der Waals surface area contributed by atoms with Gasteiger partial charge in [-0.1, -0.05) is 0 Å². The van der Waals surface area contributed by atoms with Crippen LogP contribution in [0.15, 0.2) is 18.2 Å². The van der Waals surface area contributed by atoms with Crippen LogP contribution in [0, 0.1) is 18.2 Å². The second kappa shape index (κ2) is 3.73. The van der Waals surface area contributed by atoms with Gasteiger partial charge >= 0.3 is 6.18 Å². The molecule has 0 radical (unpaired) electrons. The van der Waals surface area contributed by atoms with E-state index in [4.69, 9.17) is 0 Å². The lowest BCUT2D eigenvalue weighted by molar-refractivity contribution is -0.137. The van der Waals surface area contributed by atoms with Gasteiger partial charge in [-0.15, -0.1) is 6.42 Å². The van der Waals surface area contributed by atoms with Gasteiger partial charge in [0.1, 0.15) is 5.82 Å². The zero-order chi connectivity index (χ0) is 11.6. The molecule has 78 valence electrons. The molecule has 0 aliphatic carbocycles. The number of hydrogen-bond donors (Lipinski definition) is 0. The van der Waals surface area contributed by atoms with Crippen molar-refractivity contribution in [3.8, 4) is 12.3 Å². The highest BCUT2D eigenvalue weighted by molar-refractivity contribution is 6.08. The molecular formula is C10H4F4O. The summed E-state index contributed by atoms with van der Waals surface area (Å²) in [5, 5.41) is 0. The lowest BCUT2D eigenvalue weighted by Gasteiger charge is -2.07. The lowest BCUT2D eigenvalue weighted by Crippen LogP contribution is -2.08. The van der Waals surface area contributed by atoms with Gasteiger partial charge in [0, 0.05) is 0 Å². The summed E-state index contributed by atoms with van der Waals surface area (Å²) in [7, 11) is 0. The fraction of sp³-hybridized carbons (Fsp3) is 0.100.